The van der Waals surface area contributed by atoms with E-state index in [0.717, 1.165) is 9.80 Å². The van der Waals surface area contributed by atoms with E-state index in [4.69, 9.17) is 9.84 Å². The summed E-state index contributed by atoms with van der Waals surface area (Å²) in [5.74, 6) is -4.49. The maximum absolute atomic E-state index is 12.9. The molecule has 1 saturated heterocycles. The molecule has 0 aliphatic carbocycles. The van der Waals surface area contributed by atoms with Gasteiger partial charge < -0.3 is 14.7 Å². The Morgan fingerprint density at radius 2 is 1.92 bits per heavy atom. The van der Waals surface area contributed by atoms with Crippen molar-refractivity contribution < 1.29 is 32.6 Å². The Kier molecular flexibility index (Phi) is 6.21. The van der Waals surface area contributed by atoms with Crippen molar-refractivity contribution in [2.45, 2.75) is 17.5 Å². The van der Waals surface area contributed by atoms with Crippen molar-refractivity contribution in [3.05, 3.63) is 24.3 Å². The minimum absolute atomic E-state index is 0.0492. The molecule has 2 atom stereocenters. The van der Waals surface area contributed by atoms with E-state index in [2.05, 4.69) is 0 Å². The molecule has 0 saturated carbocycles. The summed E-state index contributed by atoms with van der Waals surface area (Å²) in [7, 11) is 1.55. The van der Waals surface area contributed by atoms with Crippen LogP contribution in [0.4, 0.5) is 13.2 Å². The summed E-state index contributed by atoms with van der Waals surface area (Å²) >= 11 is 1.40. The minimum Gasteiger partial charge on any atom is -0.497 e. The van der Waals surface area contributed by atoms with E-state index in [-0.39, 0.29) is 6.42 Å². The van der Waals surface area contributed by atoms with Crippen LogP contribution in [0.15, 0.2) is 29.2 Å². The van der Waals surface area contributed by atoms with Crippen LogP contribution in [0.5, 0.6) is 5.75 Å². The Morgan fingerprint density at radius 1 is 1.28 bits per heavy atom. The number of hydrogen-bond acceptors (Lipinski definition) is 4. The Hall–Kier alpha value is -1.90. The van der Waals surface area contributed by atoms with Crippen molar-refractivity contribution in [2.75, 3.05) is 26.0 Å². The third-order valence-electron chi connectivity index (χ3n) is 4.05. The molecule has 1 amide bonds. The molecule has 1 aliphatic rings. The topological polar surface area (TPSA) is 66.8 Å². The third kappa shape index (κ3) is 5.04. The van der Waals surface area contributed by atoms with Crippen LogP contribution in [0.3, 0.4) is 0 Å². The van der Waals surface area contributed by atoms with Gasteiger partial charge in [0, 0.05) is 30.2 Å². The van der Waals surface area contributed by atoms with Crippen molar-refractivity contribution in [3.63, 3.8) is 0 Å². The highest BCUT2D eigenvalue weighted by Crippen LogP contribution is 2.38. The maximum Gasteiger partial charge on any atom is 0.394 e. The van der Waals surface area contributed by atoms with Gasteiger partial charge in [-0.1, -0.05) is 0 Å². The number of carboxylic acid groups (broad SMARTS) is 1. The van der Waals surface area contributed by atoms with E-state index >= 15 is 0 Å². The molecule has 0 unspecified atom stereocenters. The molecule has 1 aromatic carbocycles. The summed E-state index contributed by atoms with van der Waals surface area (Å²) in [6.07, 6.45) is -4.58. The van der Waals surface area contributed by atoms with Crippen LogP contribution < -0.4 is 4.74 Å². The fourth-order valence-corrected chi connectivity index (χ4v) is 3.52. The summed E-state index contributed by atoms with van der Waals surface area (Å²) in [6.45, 7) is -0.988. The largest absolute Gasteiger partial charge is 0.497 e. The Balaban J connectivity index is 1.87. The van der Waals surface area contributed by atoms with Gasteiger partial charge in [0.15, 0.2) is 0 Å². The number of hydrogen-bond donors (Lipinski definition) is 1. The first-order valence-electron chi connectivity index (χ1n) is 7.56. The first-order valence-corrected chi connectivity index (χ1v) is 8.55. The second kappa shape index (κ2) is 7.99. The van der Waals surface area contributed by atoms with Crippen LogP contribution in [0.25, 0.3) is 0 Å². The number of thioether (sulfide) groups is 1. The van der Waals surface area contributed by atoms with Gasteiger partial charge in [-0.25, -0.2) is 0 Å². The van der Waals surface area contributed by atoms with Gasteiger partial charge in [-0.05, 0) is 24.3 Å². The summed E-state index contributed by atoms with van der Waals surface area (Å²) in [5.41, 5.74) is 0. The summed E-state index contributed by atoms with van der Waals surface area (Å²) in [4.78, 5) is 25.0. The number of likely N-dealkylation sites (tertiary alicyclic amines) is 1. The number of carbonyl (C=O) groups excluding carboxylic acids is 1. The lowest BCUT2D eigenvalue weighted by Gasteiger charge is -2.18. The second-order valence-electron chi connectivity index (χ2n) is 5.67. The van der Waals surface area contributed by atoms with E-state index in [0.29, 0.717) is 11.5 Å². The molecular formula is C16H18F3NO4S. The standard InChI is InChI=1S/C16H18F3NO4S/c1-24-10-2-4-11(5-3-10)25-7-6-14(21)20-8-12(15(22)23)13(9-20)16(17,18)19/h2-5,12-13H,6-9H2,1H3,(H,22,23)/t12-,13-/m1/s1. The molecule has 1 N–H and O–H groups in total. The summed E-state index contributed by atoms with van der Waals surface area (Å²) < 4.78 is 43.8. The molecule has 138 valence electrons. The van der Waals surface area contributed by atoms with E-state index < -0.39 is 43.0 Å². The molecule has 0 radical (unpaired) electrons. The highest BCUT2D eigenvalue weighted by atomic mass is 32.2. The van der Waals surface area contributed by atoms with Crippen molar-refractivity contribution in [1.82, 2.24) is 4.90 Å². The first-order chi connectivity index (χ1) is 11.7. The molecule has 25 heavy (non-hydrogen) atoms. The number of rotatable bonds is 6. The molecule has 0 aromatic heterocycles. The average Bonchev–Trinajstić information content (AvgIpc) is 3.01. The number of nitrogens with zero attached hydrogens (tertiary/aromatic N) is 1. The molecule has 0 bridgehead atoms. The van der Waals surface area contributed by atoms with Gasteiger partial charge in [-0.15, -0.1) is 11.8 Å². The normalized spacial score (nSPS) is 20.6. The van der Waals surface area contributed by atoms with Crippen LogP contribution in [0.1, 0.15) is 6.42 Å². The predicted molar refractivity (Wildman–Crippen MR) is 85.6 cm³/mol. The Labute approximate surface area is 147 Å². The highest BCUT2D eigenvalue weighted by molar-refractivity contribution is 7.99. The molecule has 9 heteroatoms. The van der Waals surface area contributed by atoms with Gasteiger partial charge in [-0.3, -0.25) is 9.59 Å². The smallest absolute Gasteiger partial charge is 0.394 e. The molecule has 2 rings (SSSR count). The SMILES string of the molecule is COc1ccc(SCCC(=O)N2C[C@@H](C(F)(F)F)[C@H](C(=O)O)C2)cc1. The van der Waals surface area contributed by atoms with Gasteiger partial charge >= 0.3 is 12.1 Å². The van der Waals surface area contributed by atoms with Crippen LogP contribution in [-0.4, -0.2) is 54.0 Å². The highest BCUT2D eigenvalue weighted by Gasteiger charge is 2.53. The molecule has 5 nitrogen and oxygen atoms in total. The number of benzene rings is 1. The van der Waals surface area contributed by atoms with Gasteiger partial charge in [0.2, 0.25) is 5.91 Å². The van der Waals surface area contributed by atoms with Gasteiger partial charge in [0.1, 0.15) is 5.75 Å². The van der Waals surface area contributed by atoms with E-state index in [1.807, 2.05) is 12.1 Å². The lowest BCUT2D eigenvalue weighted by atomic mass is 9.96. The summed E-state index contributed by atoms with van der Waals surface area (Å²) in [5, 5.41) is 8.96. The van der Waals surface area contributed by atoms with Crippen molar-refractivity contribution in [3.8, 4) is 5.75 Å². The van der Waals surface area contributed by atoms with Crippen LogP contribution in [0.2, 0.25) is 0 Å². The number of aliphatic carboxylic acids is 1. The number of alkyl halides is 3. The number of carbonyl (C=O) groups is 2. The monoisotopic (exact) mass is 377 g/mol. The van der Waals surface area contributed by atoms with Crippen LogP contribution in [-0.2, 0) is 9.59 Å². The van der Waals surface area contributed by atoms with Gasteiger partial charge in [0.05, 0.1) is 18.9 Å². The number of ether oxygens (including phenoxy) is 1. The number of amides is 1. The Morgan fingerprint density at radius 3 is 2.40 bits per heavy atom. The number of halogens is 3. The zero-order valence-electron chi connectivity index (χ0n) is 13.5. The third-order valence-corrected chi connectivity index (χ3v) is 5.07. The van der Waals surface area contributed by atoms with Crippen LogP contribution in [0, 0.1) is 11.8 Å². The fourth-order valence-electron chi connectivity index (χ4n) is 2.68. The Bertz CT molecular complexity index is 621. The minimum atomic E-state index is -4.63. The quantitative estimate of drug-likeness (QED) is 0.773. The number of carboxylic acids is 1. The lowest BCUT2D eigenvalue weighted by Crippen LogP contribution is -2.34. The summed E-state index contributed by atoms with van der Waals surface area (Å²) in [6, 6.07) is 7.19. The van der Waals surface area contributed by atoms with Crippen LogP contribution >= 0.6 is 11.8 Å². The number of methoxy groups -OCH3 is 1. The lowest BCUT2D eigenvalue weighted by molar-refractivity contribution is -0.188. The van der Waals surface area contributed by atoms with E-state index in [1.54, 1.807) is 19.2 Å². The molecule has 0 spiro atoms. The molecule has 1 aliphatic heterocycles. The van der Waals surface area contributed by atoms with Crippen molar-refractivity contribution in [1.29, 1.82) is 0 Å². The second-order valence-corrected chi connectivity index (χ2v) is 6.83. The van der Waals surface area contributed by atoms with Gasteiger partial charge in [0.25, 0.3) is 0 Å². The van der Waals surface area contributed by atoms with Gasteiger partial charge in [-0.2, -0.15) is 13.2 Å². The molecule has 1 aromatic rings. The van der Waals surface area contributed by atoms with Crippen molar-refractivity contribution >= 4 is 23.6 Å². The van der Waals surface area contributed by atoms with Crippen molar-refractivity contribution in [2.24, 2.45) is 11.8 Å². The first kappa shape index (κ1) is 19.4. The maximum atomic E-state index is 12.9. The zero-order chi connectivity index (χ0) is 18.6. The zero-order valence-corrected chi connectivity index (χ0v) is 14.3. The predicted octanol–water partition coefficient (Wildman–Crippen LogP) is 2.90. The molecular weight excluding hydrogens is 359 g/mol. The van der Waals surface area contributed by atoms with E-state index in [1.165, 1.54) is 11.8 Å². The molecule has 1 fully saturated rings. The fraction of sp³-hybridized carbons (Fsp3) is 0.500. The average molecular weight is 377 g/mol. The molecule has 1 heterocycles. The van der Waals surface area contributed by atoms with E-state index in [9.17, 15) is 22.8 Å².